The third kappa shape index (κ3) is 5.07. The molecular formula is C31H40FN5O4. The van der Waals surface area contributed by atoms with Crippen molar-refractivity contribution in [3.05, 3.63) is 35.6 Å². The van der Waals surface area contributed by atoms with E-state index in [0.717, 1.165) is 44.1 Å². The van der Waals surface area contributed by atoms with Gasteiger partial charge in [-0.3, -0.25) is 14.5 Å². The number of fused-ring (bicyclic) bond motifs is 3. The number of ether oxygens (including phenoxy) is 1. The van der Waals surface area contributed by atoms with Crippen molar-refractivity contribution in [1.29, 1.82) is 5.26 Å². The fourth-order valence-electron chi connectivity index (χ4n) is 7.93. The minimum Gasteiger partial charge on any atom is -0.444 e. The van der Waals surface area contributed by atoms with Crippen LogP contribution in [0.3, 0.4) is 0 Å². The molecule has 1 aromatic rings. The molecule has 0 radical (unpaired) electrons. The van der Waals surface area contributed by atoms with Crippen LogP contribution in [0.2, 0.25) is 0 Å². The summed E-state index contributed by atoms with van der Waals surface area (Å²) in [5, 5.41) is 12.5. The molecule has 9 nitrogen and oxygen atoms in total. The number of hydrogen-bond donors (Lipinski definition) is 1. The third-order valence-corrected chi connectivity index (χ3v) is 9.71. The monoisotopic (exact) mass is 565 g/mol. The normalized spacial score (nSPS) is 31.0. The minimum atomic E-state index is -0.929. The van der Waals surface area contributed by atoms with E-state index in [4.69, 9.17) is 4.74 Å². The molecule has 10 heteroatoms. The quantitative estimate of drug-likeness (QED) is 0.564. The van der Waals surface area contributed by atoms with E-state index < -0.39 is 35.4 Å². The third-order valence-electron chi connectivity index (χ3n) is 9.71. The maximum absolute atomic E-state index is 14.1. The zero-order valence-corrected chi connectivity index (χ0v) is 24.1. The summed E-state index contributed by atoms with van der Waals surface area (Å²) in [5.74, 6) is -0.187. The van der Waals surface area contributed by atoms with Gasteiger partial charge in [-0.2, -0.15) is 5.26 Å². The fourth-order valence-corrected chi connectivity index (χ4v) is 7.93. The van der Waals surface area contributed by atoms with Crippen molar-refractivity contribution in [3.8, 4) is 6.07 Å². The second-order valence-corrected chi connectivity index (χ2v) is 13.6. The number of carbonyl (C=O) groups is 3. The van der Waals surface area contributed by atoms with Gasteiger partial charge in [0.25, 0.3) is 0 Å². The molecule has 6 atom stereocenters. The molecule has 2 bridgehead atoms. The van der Waals surface area contributed by atoms with Gasteiger partial charge in [-0.25, -0.2) is 9.18 Å². The maximum atomic E-state index is 14.1. The maximum Gasteiger partial charge on any atom is 0.408 e. The van der Waals surface area contributed by atoms with Gasteiger partial charge >= 0.3 is 6.09 Å². The SMILES string of the molecule is CC(C)(C)OC(=O)N[C@@H](CN1C[C@H]2C[C@@H]1C(=O)N2C1(c2ccc(F)cc2)CCCCC1)C(=O)N1[C@H](C#N)C[C@@H]2C[C@@H]21. The number of nitrogens with zero attached hydrogens (tertiary/aromatic N) is 4. The summed E-state index contributed by atoms with van der Waals surface area (Å²) >= 11 is 0. The van der Waals surface area contributed by atoms with Crippen LogP contribution in [0.4, 0.5) is 9.18 Å². The Balaban J connectivity index is 1.22. The molecule has 220 valence electrons. The summed E-state index contributed by atoms with van der Waals surface area (Å²) in [6.45, 7) is 6.05. The Morgan fingerprint density at radius 1 is 1.15 bits per heavy atom. The molecule has 0 unspecified atom stereocenters. The van der Waals surface area contributed by atoms with Crippen molar-refractivity contribution in [1.82, 2.24) is 20.0 Å². The van der Waals surface area contributed by atoms with E-state index in [1.54, 1.807) is 25.7 Å². The number of alkyl carbamates (subject to hydrolysis) is 1. The Hall–Kier alpha value is -3.19. The first-order valence-electron chi connectivity index (χ1n) is 15.1. The zero-order valence-electron chi connectivity index (χ0n) is 24.1. The van der Waals surface area contributed by atoms with Gasteiger partial charge in [0.1, 0.15) is 23.5 Å². The smallest absolute Gasteiger partial charge is 0.408 e. The molecule has 3 saturated heterocycles. The van der Waals surface area contributed by atoms with Gasteiger partial charge in [-0.1, -0.05) is 31.4 Å². The van der Waals surface area contributed by atoms with E-state index in [1.807, 2.05) is 17.0 Å². The van der Waals surface area contributed by atoms with E-state index in [0.29, 0.717) is 25.3 Å². The lowest BCUT2D eigenvalue weighted by Crippen LogP contribution is -2.62. The highest BCUT2D eigenvalue weighted by Crippen LogP contribution is 2.50. The highest BCUT2D eigenvalue weighted by Gasteiger charge is 2.59. The van der Waals surface area contributed by atoms with Gasteiger partial charge in [-0.05, 0) is 76.5 Å². The molecule has 6 rings (SSSR count). The van der Waals surface area contributed by atoms with Gasteiger partial charge in [0.05, 0.1) is 17.6 Å². The molecular weight excluding hydrogens is 525 g/mol. The molecule has 2 saturated carbocycles. The van der Waals surface area contributed by atoms with E-state index in [1.165, 1.54) is 12.1 Å². The predicted molar refractivity (Wildman–Crippen MR) is 148 cm³/mol. The highest BCUT2D eigenvalue weighted by atomic mass is 19.1. The zero-order chi connectivity index (χ0) is 29.1. The van der Waals surface area contributed by atoms with Crippen LogP contribution in [-0.4, -0.2) is 81.5 Å². The highest BCUT2D eigenvalue weighted by molar-refractivity contribution is 5.89. The Bertz CT molecular complexity index is 1250. The van der Waals surface area contributed by atoms with Crippen molar-refractivity contribution in [2.75, 3.05) is 13.1 Å². The Kier molecular flexibility index (Phi) is 7.00. The average Bonchev–Trinajstić information content (AvgIpc) is 3.24. The molecule has 3 aliphatic heterocycles. The second kappa shape index (κ2) is 10.3. The summed E-state index contributed by atoms with van der Waals surface area (Å²) in [4.78, 5) is 46.5. The average molecular weight is 566 g/mol. The van der Waals surface area contributed by atoms with Crippen LogP contribution in [0.15, 0.2) is 24.3 Å². The van der Waals surface area contributed by atoms with E-state index in [-0.39, 0.29) is 36.3 Å². The molecule has 2 aliphatic carbocycles. The molecule has 3 heterocycles. The lowest BCUT2D eigenvalue weighted by Gasteiger charge is -2.50. The van der Waals surface area contributed by atoms with Crippen LogP contribution in [0.5, 0.6) is 0 Å². The molecule has 3 amide bonds. The first-order valence-corrected chi connectivity index (χ1v) is 15.1. The first kappa shape index (κ1) is 28.0. The van der Waals surface area contributed by atoms with Crippen molar-refractivity contribution in [2.45, 2.75) is 113 Å². The number of benzene rings is 1. The second-order valence-electron chi connectivity index (χ2n) is 13.6. The van der Waals surface area contributed by atoms with Crippen LogP contribution in [0.1, 0.15) is 77.7 Å². The van der Waals surface area contributed by atoms with Crippen molar-refractivity contribution >= 4 is 17.9 Å². The van der Waals surface area contributed by atoms with E-state index in [2.05, 4.69) is 16.3 Å². The summed E-state index contributed by atoms with van der Waals surface area (Å²) in [6.07, 6.45) is 6.36. The number of piperazine rings is 1. The van der Waals surface area contributed by atoms with Crippen LogP contribution < -0.4 is 5.32 Å². The van der Waals surface area contributed by atoms with E-state index in [9.17, 15) is 24.0 Å². The number of rotatable bonds is 6. The summed E-state index contributed by atoms with van der Waals surface area (Å²) in [7, 11) is 0. The largest absolute Gasteiger partial charge is 0.444 e. The van der Waals surface area contributed by atoms with Crippen LogP contribution in [-0.2, 0) is 19.9 Å². The first-order chi connectivity index (χ1) is 19.5. The number of likely N-dealkylation sites (tertiary alicyclic amines) is 3. The molecule has 1 aromatic carbocycles. The molecule has 0 spiro atoms. The van der Waals surface area contributed by atoms with Gasteiger partial charge in [0.15, 0.2) is 0 Å². The number of piperidine rings is 1. The summed E-state index contributed by atoms with van der Waals surface area (Å²) in [5.41, 5.74) is -0.198. The number of halogens is 1. The van der Waals surface area contributed by atoms with Gasteiger partial charge in [0, 0.05) is 25.2 Å². The lowest BCUT2D eigenvalue weighted by molar-refractivity contribution is -0.148. The molecule has 5 aliphatic rings. The van der Waals surface area contributed by atoms with Gasteiger partial charge < -0.3 is 19.9 Å². The lowest BCUT2D eigenvalue weighted by atomic mass is 9.74. The number of carbonyl (C=O) groups excluding carboxylic acids is 3. The number of nitriles is 1. The number of nitrogens with one attached hydrogen (secondary N) is 1. The van der Waals surface area contributed by atoms with Crippen molar-refractivity contribution < 1.29 is 23.5 Å². The molecule has 1 N–H and O–H groups in total. The molecule has 5 fully saturated rings. The minimum absolute atomic E-state index is 0.0283. The van der Waals surface area contributed by atoms with Crippen molar-refractivity contribution in [3.63, 3.8) is 0 Å². The number of amides is 3. The Morgan fingerprint density at radius 2 is 1.85 bits per heavy atom. The van der Waals surface area contributed by atoms with E-state index >= 15 is 0 Å². The molecule has 41 heavy (non-hydrogen) atoms. The topological polar surface area (TPSA) is 106 Å². The molecule has 0 aromatic heterocycles. The Morgan fingerprint density at radius 3 is 2.49 bits per heavy atom. The van der Waals surface area contributed by atoms with Crippen molar-refractivity contribution in [2.24, 2.45) is 5.92 Å². The Labute approximate surface area is 241 Å². The van der Waals surface area contributed by atoms with Crippen LogP contribution in [0, 0.1) is 23.1 Å². The standard InChI is InChI=1S/C31H40FN5O4/c1-30(2,3)41-29(40)34-24(27(38)36-22(16-33)13-19-14-25(19)36)18-35-17-23-15-26(35)28(39)37(23)31(11-5-4-6-12-31)20-7-9-21(32)10-8-20/h7-10,19,22-26H,4-6,11-15,17-18H2,1-3H3,(H,34,40)/t19-,22+,23-,24+,25+,26-/m1/s1. The fraction of sp³-hybridized carbons (Fsp3) is 0.677. The van der Waals surface area contributed by atoms with Crippen LogP contribution in [0.25, 0.3) is 0 Å². The van der Waals surface area contributed by atoms with Crippen LogP contribution >= 0.6 is 0 Å². The number of hydrogen-bond acceptors (Lipinski definition) is 6. The van der Waals surface area contributed by atoms with Gasteiger partial charge in [-0.15, -0.1) is 0 Å². The summed E-state index contributed by atoms with van der Waals surface area (Å²) < 4.78 is 19.3. The van der Waals surface area contributed by atoms with Gasteiger partial charge in [0.2, 0.25) is 11.8 Å². The predicted octanol–water partition coefficient (Wildman–Crippen LogP) is 3.68. The summed E-state index contributed by atoms with van der Waals surface area (Å²) in [6, 6.07) is 7.06.